The van der Waals surface area contributed by atoms with Crippen molar-refractivity contribution in [3.63, 3.8) is 0 Å². The maximum atomic E-state index is 11.3. The highest BCUT2D eigenvalue weighted by atomic mass is 16.6. The van der Waals surface area contributed by atoms with Gasteiger partial charge in [-0.25, -0.2) is 0 Å². The van der Waals surface area contributed by atoms with Crippen LogP contribution in [0.25, 0.3) is 0 Å². The molecule has 100 valence electrons. The fraction of sp³-hybridized carbons (Fsp3) is 0.538. The van der Waals surface area contributed by atoms with Crippen LogP contribution in [-0.4, -0.2) is 24.1 Å². The van der Waals surface area contributed by atoms with E-state index in [-0.39, 0.29) is 16.7 Å². The molecule has 1 aromatic carbocycles. The maximum absolute atomic E-state index is 11.3. The number of nitro groups is 1. The van der Waals surface area contributed by atoms with E-state index in [1.807, 2.05) is 44.7 Å². The van der Waals surface area contributed by atoms with E-state index in [1.165, 1.54) is 0 Å². The second-order valence-corrected chi connectivity index (χ2v) is 4.34. The van der Waals surface area contributed by atoms with Crippen molar-refractivity contribution in [1.82, 2.24) is 0 Å². The van der Waals surface area contributed by atoms with Crippen LogP contribution < -0.4 is 10.2 Å². The number of anilines is 2. The number of hydrogen-bond acceptors (Lipinski definition) is 4. The van der Waals surface area contributed by atoms with Crippen molar-refractivity contribution >= 4 is 17.1 Å². The smallest absolute Gasteiger partial charge is 0.315 e. The molecule has 0 aliphatic rings. The summed E-state index contributed by atoms with van der Waals surface area (Å²) in [6.07, 6.45) is 0. The predicted molar refractivity (Wildman–Crippen MR) is 75.4 cm³/mol. The molecule has 5 nitrogen and oxygen atoms in total. The van der Waals surface area contributed by atoms with Crippen molar-refractivity contribution in [2.75, 3.05) is 23.3 Å². The molecule has 18 heavy (non-hydrogen) atoms. The minimum Gasteiger partial charge on any atom is -0.380 e. The molecule has 0 aromatic heterocycles. The lowest BCUT2D eigenvalue weighted by Gasteiger charge is -2.27. The van der Waals surface area contributed by atoms with Crippen LogP contribution in [0.15, 0.2) is 18.2 Å². The second-order valence-electron chi connectivity index (χ2n) is 4.34. The van der Waals surface area contributed by atoms with E-state index in [9.17, 15) is 10.1 Å². The van der Waals surface area contributed by atoms with E-state index in [0.717, 1.165) is 6.54 Å². The van der Waals surface area contributed by atoms with Gasteiger partial charge in [0.25, 0.3) is 0 Å². The molecular weight excluding hydrogens is 230 g/mol. The Morgan fingerprint density at radius 2 is 2.06 bits per heavy atom. The first-order chi connectivity index (χ1) is 8.52. The Morgan fingerprint density at radius 1 is 1.39 bits per heavy atom. The summed E-state index contributed by atoms with van der Waals surface area (Å²) in [7, 11) is 0. The third-order valence-electron chi connectivity index (χ3n) is 2.84. The number of nitrogens with one attached hydrogen (secondary N) is 1. The Hall–Kier alpha value is -1.78. The standard InChI is InChI=1S/C13H21N3O2/c1-5-14-11-8-7-9-12(13(11)16(17)18)15(6-2)10(3)4/h7-10,14H,5-6H2,1-4H3. The summed E-state index contributed by atoms with van der Waals surface area (Å²) in [6, 6.07) is 5.64. The molecule has 0 unspecified atom stereocenters. The number of hydrogen-bond donors (Lipinski definition) is 1. The van der Waals surface area contributed by atoms with E-state index >= 15 is 0 Å². The van der Waals surface area contributed by atoms with Gasteiger partial charge < -0.3 is 10.2 Å². The van der Waals surface area contributed by atoms with Gasteiger partial charge in [-0.3, -0.25) is 10.1 Å². The normalized spacial score (nSPS) is 10.5. The molecule has 0 aliphatic carbocycles. The van der Waals surface area contributed by atoms with Gasteiger partial charge in [-0.05, 0) is 39.8 Å². The van der Waals surface area contributed by atoms with Gasteiger partial charge >= 0.3 is 5.69 Å². The fourth-order valence-corrected chi connectivity index (χ4v) is 2.10. The topological polar surface area (TPSA) is 58.4 Å². The molecule has 5 heteroatoms. The summed E-state index contributed by atoms with van der Waals surface area (Å²) in [5.41, 5.74) is 1.42. The first-order valence-corrected chi connectivity index (χ1v) is 6.30. The van der Waals surface area contributed by atoms with Gasteiger partial charge in [0.05, 0.1) is 4.92 Å². The van der Waals surface area contributed by atoms with E-state index < -0.39 is 0 Å². The molecule has 0 heterocycles. The number of nitro benzene ring substituents is 1. The van der Waals surface area contributed by atoms with Crippen LogP contribution in [0.2, 0.25) is 0 Å². The number of benzene rings is 1. The van der Waals surface area contributed by atoms with Crippen LogP contribution in [0.5, 0.6) is 0 Å². The highest BCUT2D eigenvalue weighted by Crippen LogP contribution is 2.36. The largest absolute Gasteiger partial charge is 0.380 e. The molecule has 0 saturated heterocycles. The van der Waals surface area contributed by atoms with Gasteiger partial charge in [-0.1, -0.05) is 6.07 Å². The molecule has 0 bridgehead atoms. The van der Waals surface area contributed by atoms with Gasteiger partial charge in [-0.15, -0.1) is 0 Å². The average molecular weight is 251 g/mol. The summed E-state index contributed by atoms with van der Waals surface area (Å²) in [4.78, 5) is 13.0. The Kier molecular flexibility index (Phi) is 4.95. The lowest BCUT2D eigenvalue weighted by atomic mass is 10.1. The van der Waals surface area contributed by atoms with Crippen LogP contribution in [0.4, 0.5) is 17.1 Å². The van der Waals surface area contributed by atoms with Crippen molar-refractivity contribution in [2.24, 2.45) is 0 Å². The molecule has 0 aliphatic heterocycles. The maximum Gasteiger partial charge on any atom is 0.315 e. The van der Waals surface area contributed by atoms with Crippen LogP contribution >= 0.6 is 0 Å². The molecule has 0 spiro atoms. The highest BCUT2D eigenvalue weighted by Gasteiger charge is 2.24. The quantitative estimate of drug-likeness (QED) is 0.622. The van der Waals surface area contributed by atoms with Gasteiger partial charge in [0.2, 0.25) is 0 Å². The summed E-state index contributed by atoms with van der Waals surface area (Å²) in [5.74, 6) is 0. The summed E-state index contributed by atoms with van der Waals surface area (Å²) in [6.45, 7) is 9.41. The number of nitrogens with zero attached hydrogens (tertiary/aromatic N) is 2. The lowest BCUT2D eigenvalue weighted by molar-refractivity contribution is -0.383. The minimum atomic E-state index is -0.307. The molecule has 0 amide bonds. The highest BCUT2D eigenvalue weighted by molar-refractivity contribution is 5.77. The molecule has 0 radical (unpaired) electrons. The summed E-state index contributed by atoms with van der Waals surface area (Å²) in [5, 5.41) is 14.3. The Morgan fingerprint density at radius 3 is 2.50 bits per heavy atom. The fourth-order valence-electron chi connectivity index (χ4n) is 2.10. The van der Waals surface area contributed by atoms with E-state index in [0.29, 0.717) is 17.9 Å². The third kappa shape index (κ3) is 2.91. The Bertz CT molecular complexity index is 419. The van der Waals surface area contributed by atoms with Crippen molar-refractivity contribution in [3.8, 4) is 0 Å². The minimum absolute atomic E-state index is 0.162. The second kappa shape index (κ2) is 6.23. The van der Waals surface area contributed by atoms with Gasteiger partial charge in [-0.2, -0.15) is 0 Å². The van der Waals surface area contributed by atoms with Gasteiger partial charge in [0, 0.05) is 19.1 Å². The van der Waals surface area contributed by atoms with Crippen LogP contribution in [-0.2, 0) is 0 Å². The van der Waals surface area contributed by atoms with E-state index in [2.05, 4.69) is 5.32 Å². The van der Waals surface area contributed by atoms with Crippen LogP contribution in [0, 0.1) is 10.1 Å². The lowest BCUT2D eigenvalue weighted by Crippen LogP contribution is -2.31. The number of rotatable bonds is 6. The van der Waals surface area contributed by atoms with Gasteiger partial charge in [0.15, 0.2) is 0 Å². The predicted octanol–water partition coefficient (Wildman–Crippen LogP) is 3.26. The van der Waals surface area contributed by atoms with Crippen molar-refractivity contribution < 1.29 is 4.92 Å². The van der Waals surface area contributed by atoms with Crippen molar-refractivity contribution in [3.05, 3.63) is 28.3 Å². The zero-order valence-electron chi connectivity index (χ0n) is 11.4. The van der Waals surface area contributed by atoms with Crippen LogP contribution in [0.3, 0.4) is 0 Å². The SMILES string of the molecule is CCNc1cccc(N(CC)C(C)C)c1[N+](=O)[O-]. The molecule has 0 fully saturated rings. The van der Waals surface area contributed by atoms with Crippen LogP contribution in [0.1, 0.15) is 27.7 Å². The number of para-hydroxylation sites is 1. The average Bonchev–Trinajstić information content (AvgIpc) is 2.29. The van der Waals surface area contributed by atoms with E-state index in [1.54, 1.807) is 6.07 Å². The Labute approximate surface area is 108 Å². The molecule has 1 aromatic rings. The first-order valence-electron chi connectivity index (χ1n) is 6.30. The Balaban J connectivity index is 3.33. The molecule has 0 atom stereocenters. The van der Waals surface area contributed by atoms with Gasteiger partial charge in [0.1, 0.15) is 11.4 Å². The molecule has 1 rings (SSSR count). The monoisotopic (exact) mass is 251 g/mol. The zero-order chi connectivity index (χ0) is 13.7. The summed E-state index contributed by atoms with van der Waals surface area (Å²) < 4.78 is 0. The molecular formula is C13H21N3O2. The first kappa shape index (κ1) is 14.3. The molecule has 1 N–H and O–H groups in total. The third-order valence-corrected chi connectivity index (χ3v) is 2.84. The van der Waals surface area contributed by atoms with E-state index in [4.69, 9.17) is 0 Å². The zero-order valence-corrected chi connectivity index (χ0v) is 11.4. The van der Waals surface area contributed by atoms with Crippen molar-refractivity contribution in [1.29, 1.82) is 0 Å². The van der Waals surface area contributed by atoms with Crippen molar-refractivity contribution in [2.45, 2.75) is 33.7 Å². The summed E-state index contributed by atoms with van der Waals surface area (Å²) >= 11 is 0. The molecule has 0 saturated carbocycles.